The average Bonchev–Trinajstić information content (AvgIpc) is 2.37. The molecule has 12 heavy (non-hydrogen) atoms. The summed E-state index contributed by atoms with van der Waals surface area (Å²) >= 11 is 0. The van der Waals surface area contributed by atoms with Crippen LogP contribution in [0.4, 0.5) is 0 Å². The van der Waals surface area contributed by atoms with Gasteiger partial charge in [-0.3, -0.25) is 9.80 Å². The SMILES string of the molecule is CCCN1CCC(=O)N1CCC. The monoisotopic (exact) mass is 170 g/mol. The molecule has 0 radical (unpaired) electrons. The lowest BCUT2D eigenvalue weighted by Crippen LogP contribution is -2.39. The second-order valence-electron chi connectivity index (χ2n) is 3.22. The third-order valence-corrected chi connectivity index (χ3v) is 2.13. The zero-order chi connectivity index (χ0) is 8.97. The Morgan fingerprint density at radius 1 is 1.25 bits per heavy atom. The number of rotatable bonds is 4. The number of carbonyl (C=O) groups excluding carboxylic acids is 1. The molecule has 0 atom stereocenters. The van der Waals surface area contributed by atoms with Gasteiger partial charge in [0, 0.05) is 26.1 Å². The molecule has 0 N–H and O–H groups in total. The van der Waals surface area contributed by atoms with Gasteiger partial charge in [0.15, 0.2) is 0 Å². The molecule has 0 bridgehead atoms. The van der Waals surface area contributed by atoms with Gasteiger partial charge in [-0.25, -0.2) is 5.01 Å². The molecule has 0 aromatic rings. The molecular formula is C9H18N2O. The van der Waals surface area contributed by atoms with Crippen molar-refractivity contribution in [3.63, 3.8) is 0 Å². The van der Waals surface area contributed by atoms with Crippen LogP contribution in [-0.2, 0) is 4.79 Å². The smallest absolute Gasteiger partial charge is 0.238 e. The minimum absolute atomic E-state index is 0.297. The van der Waals surface area contributed by atoms with E-state index in [1.807, 2.05) is 5.01 Å². The Bertz CT molecular complexity index is 159. The predicted octanol–water partition coefficient (Wildman–Crippen LogP) is 1.26. The minimum atomic E-state index is 0.297. The van der Waals surface area contributed by atoms with Gasteiger partial charge in [-0.1, -0.05) is 13.8 Å². The Balaban J connectivity index is 2.45. The van der Waals surface area contributed by atoms with Gasteiger partial charge in [-0.2, -0.15) is 0 Å². The molecule has 3 heteroatoms. The Labute approximate surface area is 74.3 Å². The lowest BCUT2D eigenvalue weighted by molar-refractivity contribution is -0.137. The third-order valence-electron chi connectivity index (χ3n) is 2.13. The summed E-state index contributed by atoms with van der Waals surface area (Å²) in [4.78, 5) is 11.3. The zero-order valence-electron chi connectivity index (χ0n) is 8.05. The Kier molecular flexibility index (Phi) is 3.53. The summed E-state index contributed by atoms with van der Waals surface area (Å²) in [6.07, 6.45) is 2.87. The van der Waals surface area contributed by atoms with Gasteiger partial charge < -0.3 is 0 Å². The van der Waals surface area contributed by atoms with Crippen LogP contribution in [0.5, 0.6) is 0 Å². The van der Waals surface area contributed by atoms with E-state index in [2.05, 4.69) is 18.9 Å². The molecule has 0 unspecified atom stereocenters. The second-order valence-corrected chi connectivity index (χ2v) is 3.22. The van der Waals surface area contributed by atoms with Gasteiger partial charge in [0.25, 0.3) is 0 Å². The molecule has 1 heterocycles. The van der Waals surface area contributed by atoms with Crippen LogP contribution in [0, 0.1) is 0 Å². The quantitative estimate of drug-likeness (QED) is 0.634. The second kappa shape index (κ2) is 4.45. The van der Waals surface area contributed by atoms with Gasteiger partial charge in [-0.05, 0) is 12.8 Å². The summed E-state index contributed by atoms with van der Waals surface area (Å²) < 4.78 is 0. The zero-order valence-corrected chi connectivity index (χ0v) is 8.05. The summed E-state index contributed by atoms with van der Waals surface area (Å²) in [5, 5.41) is 4.08. The van der Waals surface area contributed by atoms with Gasteiger partial charge in [0.2, 0.25) is 5.91 Å². The molecule has 0 saturated carbocycles. The van der Waals surface area contributed by atoms with Gasteiger partial charge >= 0.3 is 0 Å². The highest BCUT2D eigenvalue weighted by atomic mass is 16.2. The van der Waals surface area contributed by atoms with Gasteiger partial charge in [0.1, 0.15) is 0 Å². The average molecular weight is 170 g/mol. The van der Waals surface area contributed by atoms with Crippen LogP contribution in [0.1, 0.15) is 33.1 Å². The van der Waals surface area contributed by atoms with E-state index < -0.39 is 0 Å². The largest absolute Gasteiger partial charge is 0.275 e. The van der Waals surface area contributed by atoms with Crippen LogP contribution in [0.3, 0.4) is 0 Å². The summed E-state index contributed by atoms with van der Waals surface area (Å²) in [7, 11) is 0. The lowest BCUT2D eigenvalue weighted by Gasteiger charge is -2.26. The number of carbonyl (C=O) groups is 1. The van der Waals surface area contributed by atoms with Gasteiger partial charge in [0.05, 0.1) is 0 Å². The van der Waals surface area contributed by atoms with E-state index in [9.17, 15) is 4.79 Å². The molecule has 1 aliphatic heterocycles. The molecule has 3 nitrogen and oxygen atoms in total. The van der Waals surface area contributed by atoms with Crippen molar-refractivity contribution >= 4 is 5.91 Å². The number of hydrazine groups is 1. The molecule has 0 aromatic carbocycles. The third kappa shape index (κ3) is 1.97. The van der Waals surface area contributed by atoms with E-state index in [1.54, 1.807) is 0 Å². The number of nitrogens with zero attached hydrogens (tertiary/aromatic N) is 2. The van der Waals surface area contributed by atoms with Crippen molar-refractivity contribution in [2.75, 3.05) is 19.6 Å². The first-order valence-electron chi connectivity index (χ1n) is 4.84. The van der Waals surface area contributed by atoms with Crippen LogP contribution in [-0.4, -0.2) is 35.6 Å². The fourth-order valence-corrected chi connectivity index (χ4v) is 1.60. The highest BCUT2D eigenvalue weighted by Gasteiger charge is 2.26. The number of hydrogen-bond acceptors (Lipinski definition) is 2. The first kappa shape index (κ1) is 9.52. The van der Waals surface area contributed by atoms with E-state index in [0.29, 0.717) is 12.3 Å². The molecule has 0 spiro atoms. The van der Waals surface area contributed by atoms with Crippen molar-refractivity contribution in [1.82, 2.24) is 10.0 Å². The predicted molar refractivity (Wildman–Crippen MR) is 48.5 cm³/mol. The first-order chi connectivity index (χ1) is 5.79. The number of hydrogen-bond donors (Lipinski definition) is 0. The molecular weight excluding hydrogens is 152 g/mol. The Hall–Kier alpha value is -0.570. The molecule has 1 amide bonds. The van der Waals surface area contributed by atoms with Crippen LogP contribution >= 0.6 is 0 Å². The molecule has 1 aliphatic rings. The van der Waals surface area contributed by atoms with Crippen molar-refractivity contribution < 1.29 is 4.79 Å². The standard InChI is InChI=1S/C9H18N2O/c1-3-6-10-8-5-9(12)11(10)7-4-2/h3-8H2,1-2H3. The Morgan fingerprint density at radius 3 is 2.50 bits per heavy atom. The van der Waals surface area contributed by atoms with Crippen molar-refractivity contribution in [2.24, 2.45) is 0 Å². The molecule has 1 rings (SSSR count). The van der Waals surface area contributed by atoms with Gasteiger partial charge in [-0.15, -0.1) is 0 Å². The molecule has 1 fully saturated rings. The van der Waals surface area contributed by atoms with Crippen LogP contribution < -0.4 is 0 Å². The molecule has 0 aromatic heterocycles. The number of amides is 1. The topological polar surface area (TPSA) is 23.6 Å². The van der Waals surface area contributed by atoms with E-state index >= 15 is 0 Å². The Morgan fingerprint density at radius 2 is 1.92 bits per heavy atom. The normalized spacial score (nSPS) is 19.2. The van der Waals surface area contributed by atoms with Crippen molar-refractivity contribution in [2.45, 2.75) is 33.1 Å². The maximum absolute atomic E-state index is 11.3. The summed E-state index contributed by atoms with van der Waals surface area (Å²) in [5.74, 6) is 0.297. The minimum Gasteiger partial charge on any atom is -0.275 e. The fourth-order valence-electron chi connectivity index (χ4n) is 1.60. The van der Waals surface area contributed by atoms with Crippen molar-refractivity contribution in [3.8, 4) is 0 Å². The van der Waals surface area contributed by atoms with Crippen LogP contribution in [0.2, 0.25) is 0 Å². The van der Waals surface area contributed by atoms with E-state index in [1.165, 1.54) is 0 Å². The summed E-state index contributed by atoms with van der Waals surface area (Å²) in [6.45, 7) is 7.08. The fraction of sp³-hybridized carbons (Fsp3) is 0.889. The van der Waals surface area contributed by atoms with Crippen LogP contribution in [0.25, 0.3) is 0 Å². The van der Waals surface area contributed by atoms with E-state index in [0.717, 1.165) is 32.5 Å². The highest BCUT2D eigenvalue weighted by molar-refractivity contribution is 5.77. The lowest BCUT2D eigenvalue weighted by atomic mass is 10.4. The van der Waals surface area contributed by atoms with Crippen molar-refractivity contribution in [3.05, 3.63) is 0 Å². The van der Waals surface area contributed by atoms with Crippen LogP contribution in [0.15, 0.2) is 0 Å². The maximum atomic E-state index is 11.3. The summed E-state index contributed by atoms with van der Waals surface area (Å²) in [5.41, 5.74) is 0. The first-order valence-corrected chi connectivity index (χ1v) is 4.84. The van der Waals surface area contributed by atoms with E-state index in [4.69, 9.17) is 0 Å². The van der Waals surface area contributed by atoms with E-state index in [-0.39, 0.29) is 0 Å². The molecule has 1 saturated heterocycles. The molecule has 0 aliphatic carbocycles. The molecule has 70 valence electrons. The van der Waals surface area contributed by atoms with Crippen molar-refractivity contribution in [1.29, 1.82) is 0 Å². The maximum Gasteiger partial charge on any atom is 0.238 e. The highest BCUT2D eigenvalue weighted by Crippen LogP contribution is 2.12. The summed E-state index contributed by atoms with van der Waals surface area (Å²) in [6, 6.07) is 0.